The average Bonchev–Trinajstić information content (AvgIpc) is 3.34. The van der Waals surface area contributed by atoms with Gasteiger partial charge in [0.1, 0.15) is 0 Å². The summed E-state index contributed by atoms with van der Waals surface area (Å²) >= 11 is 0. The molecular formula is C47H76. The van der Waals surface area contributed by atoms with Gasteiger partial charge in [-0.05, 0) is 181 Å². The summed E-state index contributed by atoms with van der Waals surface area (Å²) < 4.78 is 0. The van der Waals surface area contributed by atoms with E-state index in [1.165, 1.54) is 101 Å². The first-order chi connectivity index (χ1) is 21.7. The fourth-order valence-electron chi connectivity index (χ4n) is 17.3. The fourth-order valence-corrected chi connectivity index (χ4v) is 17.3. The van der Waals surface area contributed by atoms with Crippen LogP contribution in [0.25, 0.3) is 0 Å². The van der Waals surface area contributed by atoms with Crippen molar-refractivity contribution in [3.8, 4) is 0 Å². The van der Waals surface area contributed by atoms with Gasteiger partial charge in [0, 0.05) is 0 Å². The van der Waals surface area contributed by atoms with E-state index in [0.29, 0.717) is 43.8 Å². The molecule has 0 saturated heterocycles. The summed E-state index contributed by atoms with van der Waals surface area (Å²) in [6.45, 7) is 43.6. The molecule has 47 heavy (non-hydrogen) atoms. The normalized spacial score (nSPS) is 51.9. The van der Waals surface area contributed by atoms with Crippen molar-refractivity contribution >= 4 is 0 Å². The van der Waals surface area contributed by atoms with Crippen LogP contribution in [0.4, 0.5) is 0 Å². The van der Waals surface area contributed by atoms with Crippen LogP contribution in [0.1, 0.15) is 186 Å². The van der Waals surface area contributed by atoms with Crippen LogP contribution in [0.15, 0.2) is 47.6 Å². The smallest absolute Gasteiger partial charge is 0.00423 e. The molecular weight excluding hydrogens is 565 g/mol. The molecule has 6 aliphatic carbocycles. The SMILES string of the molecule is C=C(C)[C@@H]1CC[C@]2(C)CC[C@]3(C)C(C)(CC[C@]4(CC)[C@@]5(C)CC=C(C6=CC[C@](C)(C(=C)C)CC6)C(C)(C)[C@]5(CC)CC[C@]43C)[C@@]12CC. The molecule has 0 aromatic rings. The Morgan fingerprint density at radius 3 is 1.77 bits per heavy atom. The number of allylic oxidation sites excluding steroid dienone is 6. The molecule has 0 spiro atoms. The summed E-state index contributed by atoms with van der Waals surface area (Å²) in [5, 5.41) is 0. The van der Waals surface area contributed by atoms with E-state index < -0.39 is 0 Å². The second-order valence-electron chi connectivity index (χ2n) is 20.7. The molecule has 6 aliphatic rings. The molecule has 0 heterocycles. The van der Waals surface area contributed by atoms with E-state index in [0.717, 1.165) is 6.42 Å². The Morgan fingerprint density at radius 2 is 1.23 bits per heavy atom. The zero-order valence-corrected chi connectivity index (χ0v) is 33.8. The third kappa shape index (κ3) is 3.64. The van der Waals surface area contributed by atoms with Crippen molar-refractivity contribution in [1.82, 2.24) is 0 Å². The van der Waals surface area contributed by atoms with Crippen molar-refractivity contribution in [2.45, 2.75) is 186 Å². The van der Waals surface area contributed by atoms with Crippen LogP contribution in [0.3, 0.4) is 0 Å². The molecule has 4 saturated carbocycles. The van der Waals surface area contributed by atoms with E-state index in [9.17, 15) is 0 Å². The maximum absolute atomic E-state index is 4.72. The molecule has 0 aliphatic heterocycles. The van der Waals surface area contributed by atoms with Crippen LogP contribution in [0.2, 0.25) is 0 Å². The average molecular weight is 641 g/mol. The highest BCUT2D eigenvalue weighted by Crippen LogP contribution is 2.90. The Labute approximate surface area is 293 Å². The lowest BCUT2D eigenvalue weighted by atomic mass is 9.20. The molecule has 1 unspecified atom stereocenters. The second-order valence-corrected chi connectivity index (χ2v) is 20.7. The van der Waals surface area contributed by atoms with Crippen molar-refractivity contribution in [1.29, 1.82) is 0 Å². The van der Waals surface area contributed by atoms with Gasteiger partial charge in [-0.15, -0.1) is 0 Å². The molecule has 0 aromatic heterocycles. The molecule has 0 heteroatoms. The Hall–Kier alpha value is -1.04. The summed E-state index contributed by atoms with van der Waals surface area (Å²) in [7, 11) is 0. The quantitative estimate of drug-likeness (QED) is 0.253. The largest absolute Gasteiger partial charge is 0.0998 e. The van der Waals surface area contributed by atoms with Crippen LogP contribution in [0.5, 0.6) is 0 Å². The first kappa shape index (κ1) is 35.8. The van der Waals surface area contributed by atoms with Crippen LogP contribution in [0, 0.1) is 60.1 Å². The molecule has 6 rings (SSSR count). The fraction of sp³-hybridized carbons (Fsp3) is 0.830. The zero-order valence-electron chi connectivity index (χ0n) is 33.8. The summed E-state index contributed by atoms with van der Waals surface area (Å²) in [6.07, 6.45) is 25.5. The number of fused-ring (bicyclic) bond motifs is 7. The van der Waals surface area contributed by atoms with Gasteiger partial charge in [0.05, 0.1) is 0 Å². The molecule has 0 bridgehead atoms. The molecule has 264 valence electrons. The van der Waals surface area contributed by atoms with E-state index in [1.807, 2.05) is 0 Å². The van der Waals surface area contributed by atoms with Gasteiger partial charge >= 0.3 is 0 Å². The Balaban J connectivity index is 1.51. The van der Waals surface area contributed by atoms with Gasteiger partial charge in [0.2, 0.25) is 0 Å². The van der Waals surface area contributed by atoms with Gasteiger partial charge in [-0.1, -0.05) is 113 Å². The van der Waals surface area contributed by atoms with Crippen LogP contribution < -0.4 is 0 Å². The summed E-state index contributed by atoms with van der Waals surface area (Å²) in [5.41, 5.74) is 9.32. The zero-order chi connectivity index (χ0) is 34.9. The highest BCUT2D eigenvalue weighted by molar-refractivity contribution is 5.45. The summed E-state index contributed by atoms with van der Waals surface area (Å²) in [6, 6.07) is 0. The summed E-state index contributed by atoms with van der Waals surface area (Å²) in [4.78, 5) is 0. The second kappa shape index (κ2) is 10.5. The number of rotatable bonds is 6. The molecule has 0 N–H and O–H groups in total. The van der Waals surface area contributed by atoms with E-state index in [1.54, 1.807) is 11.1 Å². The Kier molecular flexibility index (Phi) is 7.99. The van der Waals surface area contributed by atoms with Crippen molar-refractivity contribution in [2.75, 3.05) is 0 Å². The predicted octanol–water partition coefficient (Wildman–Crippen LogP) is 14.6. The topological polar surface area (TPSA) is 0 Å². The van der Waals surface area contributed by atoms with Gasteiger partial charge in [-0.2, -0.15) is 0 Å². The van der Waals surface area contributed by atoms with Crippen LogP contribution in [-0.4, -0.2) is 0 Å². The minimum Gasteiger partial charge on any atom is -0.0998 e. The minimum atomic E-state index is 0.162. The van der Waals surface area contributed by atoms with Gasteiger partial charge in [0.15, 0.2) is 0 Å². The number of hydrogen-bond acceptors (Lipinski definition) is 0. The van der Waals surface area contributed by atoms with Crippen molar-refractivity contribution in [3.05, 3.63) is 47.6 Å². The van der Waals surface area contributed by atoms with Gasteiger partial charge in [-0.25, -0.2) is 0 Å². The van der Waals surface area contributed by atoms with E-state index in [4.69, 9.17) is 6.58 Å². The molecule has 10 atom stereocenters. The van der Waals surface area contributed by atoms with Crippen molar-refractivity contribution in [2.24, 2.45) is 60.1 Å². The lowest BCUT2D eigenvalue weighted by molar-refractivity contribution is -0.348. The van der Waals surface area contributed by atoms with Crippen LogP contribution in [-0.2, 0) is 0 Å². The van der Waals surface area contributed by atoms with Gasteiger partial charge < -0.3 is 0 Å². The molecule has 4 fully saturated rings. The minimum absolute atomic E-state index is 0.162. The lowest BCUT2D eigenvalue weighted by Crippen LogP contribution is -2.77. The predicted molar refractivity (Wildman–Crippen MR) is 205 cm³/mol. The van der Waals surface area contributed by atoms with Crippen molar-refractivity contribution < 1.29 is 0 Å². The molecule has 0 nitrogen and oxygen atoms in total. The standard InChI is InChI=1S/C47H76/c1-16-45-31-29-42(13)41(12)28-27-40(11)25-21-36(33(4)5)47(40,18-3)43(41,14)30-32-46(42,17-2)44(45,15)26-22-37(38(45,8)9)35-19-23-39(10,24-20-35)34(6)7/h19,22,36H,4,6,16-18,20-21,23-32H2,1-3,5,7-15H3/t36-,39-,40+,41-,42-,43?,44-,45-,46-,47-/m0/s1. The molecule has 0 radical (unpaired) electrons. The third-order valence-electron chi connectivity index (χ3n) is 20.6. The Morgan fingerprint density at radius 1 is 0.638 bits per heavy atom. The van der Waals surface area contributed by atoms with Gasteiger partial charge in [0.25, 0.3) is 0 Å². The lowest BCUT2D eigenvalue weighted by Gasteiger charge is -2.84. The first-order valence-corrected chi connectivity index (χ1v) is 20.4. The highest BCUT2D eigenvalue weighted by Gasteiger charge is 2.82. The van der Waals surface area contributed by atoms with Gasteiger partial charge in [-0.3, -0.25) is 0 Å². The first-order valence-electron chi connectivity index (χ1n) is 20.4. The van der Waals surface area contributed by atoms with E-state index in [-0.39, 0.29) is 16.2 Å². The summed E-state index contributed by atoms with van der Waals surface area (Å²) in [5.74, 6) is 0.670. The van der Waals surface area contributed by atoms with Crippen LogP contribution >= 0.6 is 0 Å². The third-order valence-corrected chi connectivity index (χ3v) is 20.6. The highest BCUT2D eigenvalue weighted by atomic mass is 14.9. The maximum Gasteiger partial charge on any atom is -0.00423 e. The Bertz CT molecular complexity index is 1400. The van der Waals surface area contributed by atoms with E-state index in [2.05, 4.69) is 109 Å². The molecule has 0 amide bonds. The number of hydrogen-bond donors (Lipinski definition) is 0. The van der Waals surface area contributed by atoms with E-state index >= 15 is 0 Å². The monoisotopic (exact) mass is 641 g/mol. The molecule has 0 aromatic carbocycles. The van der Waals surface area contributed by atoms with Crippen molar-refractivity contribution in [3.63, 3.8) is 0 Å². The maximum atomic E-state index is 4.72.